The van der Waals surface area contributed by atoms with Gasteiger partial charge in [-0.25, -0.2) is 4.39 Å². The Kier molecular flexibility index (Phi) is 5.32. The Morgan fingerprint density at radius 2 is 1.77 bits per heavy atom. The number of hydrogen-bond donors (Lipinski definition) is 2. The Labute approximate surface area is 175 Å². The zero-order chi connectivity index (χ0) is 21.5. The number of carbonyl (C=O) groups is 3. The Morgan fingerprint density at radius 1 is 1.13 bits per heavy atom. The lowest BCUT2D eigenvalue weighted by molar-refractivity contribution is -0.177. The summed E-state index contributed by atoms with van der Waals surface area (Å²) in [7, 11) is 0. The van der Waals surface area contributed by atoms with Gasteiger partial charge in [-0.05, 0) is 75.0 Å². The van der Waals surface area contributed by atoms with Gasteiger partial charge in [-0.2, -0.15) is 0 Å². The second-order valence-electron chi connectivity index (χ2n) is 9.62. The van der Waals surface area contributed by atoms with Gasteiger partial charge in [0.1, 0.15) is 5.82 Å². The van der Waals surface area contributed by atoms with Crippen LogP contribution in [0.5, 0.6) is 0 Å². The van der Waals surface area contributed by atoms with Crippen LogP contribution in [0, 0.1) is 23.1 Å². The maximum atomic E-state index is 13.1. The van der Waals surface area contributed by atoms with Crippen LogP contribution in [0.15, 0.2) is 24.3 Å². The normalized spacial score (nSPS) is 32.4. The summed E-state index contributed by atoms with van der Waals surface area (Å²) in [5.74, 6) is -0.276. The standard InChI is InChI=1S/C23H29FN2O4/c1-14(18-3-5-19(24)6-4-18)25-20(28)12-30-21(29)22-8-16-7-17(9-22)11-23(10-16,13-22)26-15(2)27/h3-6,14,16-17H,7-13H2,1-2H3,(H,25,28)(H,26,27)/t14-,16+,17+,22?,23?/m0/s1. The molecule has 7 heteroatoms. The maximum Gasteiger partial charge on any atom is 0.312 e. The second kappa shape index (κ2) is 7.67. The molecular weight excluding hydrogens is 387 g/mol. The highest BCUT2D eigenvalue weighted by Gasteiger charge is 2.61. The lowest BCUT2D eigenvalue weighted by Gasteiger charge is -2.60. The average Bonchev–Trinajstić information content (AvgIpc) is 2.64. The van der Waals surface area contributed by atoms with Crippen LogP contribution in [-0.2, 0) is 19.1 Å². The SMILES string of the molecule is CC(=O)NC12C[C@@H]3C[C@@H](C1)CC(C(=O)OCC(=O)N[C@@H](C)c1ccc(F)cc1)(C3)C2. The summed E-state index contributed by atoms with van der Waals surface area (Å²) >= 11 is 0. The van der Waals surface area contributed by atoms with Crippen molar-refractivity contribution in [2.45, 2.75) is 64.0 Å². The van der Waals surface area contributed by atoms with Gasteiger partial charge in [0.25, 0.3) is 5.91 Å². The number of esters is 1. The molecule has 6 nitrogen and oxygen atoms in total. The van der Waals surface area contributed by atoms with Crippen LogP contribution in [-0.4, -0.2) is 29.9 Å². The number of rotatable bonds is 6. The first kappa shape index (κ1) is 20.8. The van der Waals surface area contributed by atoms with Crippen LogP contribution in [0.4, 0.5) is 4.39 Å². The van der Waals surface area contributed by atoms with Crippen LogP contribution < -0.4 is 10.6 Å². The van der Waals surface area contributed by atoms with E-state index in [0.29, 0.717) is 18.3 Å². The topological polar surface area (TPSA) is 84.5 Å². The molecule has 0 unspecified atom stereocenters. The van der Waals surface area contributed by atoms with Crippen molar-refractivity contribution in [1.29, 1.82) is 0 Å². The van der Waals surface area contributed by atoms with Crippen molar-refractivity contribution in [3.63, 3.8) is 0 Å². The molecular formula is C23H29FN2O4. The highest BCUT2D eigenvalue weighted by molar-refractivity contribution is 5.83. The lowest BCUT2D eigenvalue weighted by atomic mass is 9.47. The molecule has 4 aliphatic rings. The van der Waals surface area contributed by atoms with Gasteiger partial charge in [-0.3, -0.25) is 14.4 Å². The molecule has 0 aromatic heterocycles. The molecule has 0 saturated heterocycles. The molecule has 5 rings (SSSR count). The van der Waals surface area contributed by atoms with Crippen LogP contribution in [0.25, 0.3) is 0 Å². The Bertz CT molecular complexity index is 839. The monoisotopic (exact) mass is 416 g/mol. The number of halogens is 1. The number of nitrogens with one attached hydrogen (secondary N) is 2. The fourth-order valence-corrected chi connectivity index (χ4v) is 6.42. The van der Waals surface area contributed by atoms with Crippen LogP contribution in [0.2, 0.25) is 0 Å². The van der Waals surface area contributed by atoms with Gasteiger partial charge in [-0.1, -0.05) is 12.1 Å². The number of benzene rings is 1. The summed E-state index contributed by atoms with van der Waals surface area (Å²) in [6, 6.07) is 5.60. The third-order valence-electron chi connectivity index (χ3n) is 7.02. The Morgan fingerprint density at radius 3 is 2.37 bits per heavy atom. The minimum absolute atomic E-state index is 0.0605. The molecule has 1 aromatic carbocycles. The molecule has 4 aliphatic carbocycles. The van der Waals surface area contributed by atoms with E-state index in [4.69, 9.17) is 4.74 Å². The number of carbonyl (C=O) groups excluding carboxylic acids is 3. The summed E-state index contributed by atoms with van der Waals surface area (Å²) in [4.78, 5) is 37.1. The first-order chi connectivity index (χ1) is 14.2. The maximum absolute atomic E-state index is 13.1. The molecule has 3 atom stereocenters. The van der Waals surface area contributed by atoms with Crippen molar-refractivity contribution in [2.75, 3.05) is 6.61 Å². The average molecular weight is 416 g/mol. The third-order valence-corrected chi connectivity index (χ3v) is 7.02. The minimum Gasteiger partial charge on any atom is -0.455 e. The van der Waals surface area contributed by atoms with Gasteiger partial charge in [0.05, 0.1) is 11.5 Å². The van der Waals surface area contributed by atoms with Crippen LogP contribution in [0.3, 0.4) is 0 Å². The first-order valence-electron chi connectivity index (χ1n) is 10.7. The molecule has 30 heavy (non-hydrogen) atoms. The molecule has 0 aliphatic heterocycles. The zero-order valence-corrected chi connectivity index (χ0v) is 17.5. The van der Waals surface area contributed by atoms with Gasteiger partial charge in [0, 0.05) is 12.5 Å². The molecule has 0 spiro atoms. The van der Waals surface area contributed by atoms with Crippen LogP contribution in [0.1, 0.15) is 64.0 Å². The largest absolute Gasteiger partial charge is 0.455 e. The summed E-state index contributed by atoms with van der Waals surface area (Å²) in [6.07, 6.45) is 5.10. The van der Waals surface area contributed by atoms with Crippen molar-refractivity contribution < 1.29 is 23.5 Å². The molecule has 4 bridgehead atoms. The van der Waals surface area contributed by atoms with E-state index in [-0.39, 0.29) is 41.8 Å². The van der Waals surface area contributed by atoms with E-state index in [0.717, 1.165) is 37.7 Å². The second-order valence-corrected chi connectivity index (χ2v) is 9.62. The van der Waals surface area contributed by atoms with Crippen molar-refractivity contribution in [2.24, 2.45) is 17.3 Å². The minimum atomic E-state index is -0.602. The predicted molar refractivity (Wildman–Crippen MR) is 108 cm³/mol. The van der Waals surface area contributed by atoms with E-state index in [1.165, 1.54) is 19.1 Å². The molecule has 2 N–H and O–H groups in total. The van der Waals surface area contributed by atoms with E-state index >= 15 is 0 Å². The molecule has 0 radical (unpaired) electrons. The van der Waals surface area contributed by atoms with Gasteiger partial charge in [0.2, 0.25) is 5.91 Å². The lowest BCUT2D eigenvalue weighted by Crippen LogP contribution is -2.64. The summed E-state index contributed by atoms with van der Waals surface area (Å²) in [5, 5.41) is 5.91. The van der Waals surface area contributed by atoms with Gasteiger partial charge >= 0.3 is 5.97 Å². The van der Waals surface area contributed by atoms with Gasteiger partial charge < -0.3 is 15.4 Å². The van der Waals surface area contributed by atoms with Crippen molar-refractivity contribution in [1.82, 2.24) is 10.6 Å². The molecule has 2 amide bonds. The van der Waals surface area contributed by atoms with Crippen LogP contribution >= 0.6 is 0 Å². The Hall–Kier alpha value is -2.44. The number of ether oxygens (including phenoxy) is 1. The summed E-state index contributed by atoms with van der Waals surface area (Å²) < 4.78 is 18.5. The number of hydrogen-bond acceptors (Lipinski definition) is 4. The fraction of sp³-hybridized carbons (Fsp3) is 0.609. The van der Waals surface area contributed by atoms with Crippen molar-refractivity contribution >= 4 is 17.8 Å². The smallest absolute Gasteiger partial charge is 0.312 e. The fourth-order valence-electron chi connectivity index (χ4n) is 6.42. The highest BCUT2D eigenvalue weighted by atomic mass is 19.1. The van der Waals surface area contributed by atoms with E-state index in [9.17, 15) is 18.8 Å². The highest BCUT2D eigenvalue weighted by Crippen LogP contribution is 2.62. The molecule has 1 aromatic rings. The van der Waals surface area contributed by atoms with Gasteiger partial charge in [0.15, 0.2) is 6.61 Å². The van der Waals surface area contributed by atoms with E-state index in [1.807, 2.05) is 0 Å². The Balaban J connectivity index is 1.36. The first-order valence-corrected chi connectivity index (χ1v) is 10.7. The van der Waals surface area contributed by atoms with Crippen molar-refractivity contribution in [3.05, 3.63) is 35.6 Å². The summed E-state index contributed by atoms with van der Waals surface area (Å²) in [6.45, 7) is 2.98. The quantitative estimate of drug-likeness (QED) is 0.698. The molecule has 162 valence electrons. The zero-order valence-electron chi connectivity index (χ0n) is 17.5. The third kappa shape index (κ3) is 4.07. The number of amides is 2. The van der Waals surface area contributed by atoms with Crippen molar-refractivity contribution in [3.8, 4) is 0 Å². The van der Waals surface area contributed by atoms with E-state index in [1.54, 1.807) is 19.1 Å². The molecule has 4 fully saturated rings. The van der Waals surface area contributed by atoms with E-state index < -0.39 is 5.41 Å². The summed E-state index contributed by atoms with van der Waals surface area (Å²) in [5.41, 5.74) is -0.140. The van der Waals surface area contributed by atoms with Gasteiger partial charge in [-0.15, -0.1) is 0 Å². The predicted octanol–water partition coefficient (Wildman–Crippen LogP) is 3.02. The molecule has 4 saturated carbocycles. The van der Waals surface area contributed by atoms with E-state index in [2.05, 4.69) is 10.6 Å². The molecule has 0 heterocycles.